The van der Waals surface area contributed by atoms with Gasteiger partial charge in [-0.15, -0.1) is 0 Å². The zero-order valence-corrected chi connectivity index (χ0v) is 14.3. The van der Waals surface area contributed by atoms with Gasteiger partial charge in [0.2, 0.25) is 15.9 Å². The summed E-state index contributed by atoms with van der Waals surface area (Å²) in [6.07, 6.45) is 3.19. The molecule has 0 fully saturated rings. The van der Waals surface area contributed by atoms with Gasteiger partial charge < -0.3 is 10.1 Å². The fraction of sp³-hybridized carbons (Fsp3) is 0.250. The van der Waals surface area contributed by atoms with E-state index in [1.807, 2.05) is 0 Å². The highest BCUT2D eigenvalue weighted by molar-refractivity contribution is 7.89. The lowest BCUT2D eigenvalue weighted by atomic mass is 10.3. The van der Waals surface area contributed by atoms with Crippen LogP contribution in [0.25, 0.3) is 0 Å². The SMILES string of the molecule is CCOc1ccc(S(=O)(=O)NCc2ccncc2)cc1NC(C)=O. The Morgan fingerprint density at radius 2 is 1.92 bits per heavy atom. The number of benzene rings is 1. The van der Waals surface area contributed by atoms with Gasteiger partial charge in [-0.25, -0.2) is 13.1 Å². The van der Waals surface area contributed by atoms with Crippen LogP contribution in [0, 0.1) is 0 Å². The molecule has 1 aromatic carbocycles. The van der Waals surface area contributed by atoms with Crippen LogP contribution in [0.1, 0.15) is 19.4 Å². The van der Waals surface area contributed by atoms with E-state index in [9.17, 15) is 13.2 Å². The molecule has 0 atom stereocenters. The van der Waals surface area contributed by atoms with Crippen LogP contribution >= 0.6 is 0 Å². The van der Waals surface area contributed by atoms with Crippen molar-refractivity contribution in [2.24, 2.45) is 0 Å². The normalized spacial score (nSPS) is 11.1. The minimum absolute atomic E-state index is 0.0451. The van der Waals surface area contributed by atoms with Crippen molar-refractivity contribution >= 4 is 21.6 Å². The third-order valence-corrected chi connectivity index (χ3v) is 4.49. The van der Waals surface area contributed by atoms with Crippen molar-refractivity contribution < 1.29 is 17.9 Å². The summed E-state index contributed by atoms with van der Waals surface area (Å²) in [6, 6.07) is 7.79. The number of hydrogen-bond donors (Lipinski definition) is 2. The van der Waals surface area contributed by atoms with Crippen molar-refractivity contribution in [2.45, 2.75) is 25.3 Å². The van der Waals surface area contributed by atoms with Gasteiger partial charge in [-0.2, -0.15) is 0 Å². The molecule has 0 unspecified atom stereocenters. The Hall–Kier alpha value is -2.45. The number of sulfonamides is 1. The first-order valence-corrected chi connectivity index (χ1v) is 8.83. The number of nitrogens with one attached hydrogen (secondary N) is 2. The van der Waals surface area contributed by atoms with E-state index in [1.54, 1.807) is 31.5 Å². The predicted octanol–water partition coefficient (Wildman–Crippen LogP) is 1.92. The average molecular weight is 349 g/mol. The summed E-state index contributed by atoms with van der Waals surface area (Å²) >= 11 is 0. The third-order valence-electron chi connectivity index (χ3n) is 3.09. The quantitative estimate of drug-likeness (QED) is 0.796. The lowest BCUT2D eigenvalue weighted by Crippen LogP contribution is -2.23. The molecule has 0 spiro atoms. The third kappa shape index (κ3) is 4.77. The highest BCUT2D eigenvalue weighted by Crippen LogP contribution is 2.28. The summed E-state index contributed by atoms with van der Waals surface area (Å²) in [5, 5.41) is 2.58. The Balaban J connectivity index is 2.24. The Morgan fingerprint density at radius 1 is 1.21 bits per heavy atom. The number of amides is 1. The topological polar surface area (TPSA) is 97.4 Å². The van der Waals surface area contributed by atoms with Crippen molar-refractivity contribution in [1.29, 1.82) is 0 Å². The zero-order valence-electron chi connectivity index (χ0n) is 13.4. The molecule has 0 aliphatic rings. The molecule has 7 nitrogen and oxygen atoms in total. The number of carbonyl (C=O) groups is 1. The Labute approximate surface area is 141 Å². The predicted molar refractivity (Wildman–Crippen MR) is 90.2 cm³/mol. The smallest absolute Gasteiger partial charge is 0.240 e. The number of pyridine rings is 1. The van der Waals surface area contributed by atoms with Crippen LogP contribution in [-0.4, -0.2) is 25.9 Å². The van der Waals surface area contributed by atoms with Crippen molar-refractivity contribution in [2.75, 3.05) is 11.9 Å². The van der Waals surface area contributed by atoms with E-state index < -0.39 is 10.0 Å². The monoisotopic (exact) mass is 349 g/mol. The van der Waals surface area contributed by atoms with E-state index in [1.165, 1.54) is 25.1 Å². The largest absolute Gasteiger partial charge is 0.492 e. The molecule has 2 rings (SSSR count). The number of nitrogens with zero attached hydrogens (tertiary/aromatic N) is 1. The lowest BCUT2D eigenvalue weighted by Gasteiger charge is -2.13. The van der Waals surface area contributed by atoms with Gasteiger partial charge >= 0.3 is 0 Å². The van der Waals surface area contributed by atoms with Crippen molar-refractivity contribution in [1.82, 2.24) is 9.71 Å². The van der Waals surface area contributed by atoms with Gasteiger partial charge in [-0.05, 0) is 42.8 Å². The first kappa shape index (κ1) is 17.9. The summed E-state index contributed by atoms with van der Waals surface area (Å²) < 4.78 is 32.8. The van der Waals surface area contributed by atoms with Crippen molar-refractivity contribution in [3.05, 3.63) is 48.3 Å². The second-order valence-electron chi connectivity index (χ2n) is 4.95. The van der Waals surface area contributed by atoms with Crippen LogP contribution in [0.15, 0.2) is 47.6 Å². The first-order chi connectivity index (χ1) is 11.4. The van der Waals surface area contributed by atoms with Gasteiger partial charge in [-0.1, -0.05) is 0 Å². The molecule has 24 heavy (non-hydrogen) atoms. The molecule has 0 radical (unpaired) electrons. The average Bonchev–Trinajstić information content (AvgIpc) is 2.55. The molecule has 1 aromatic heterocycles. The second-order valence-corrected chi connectivity index (χ2v) is 6.72. The molecule has 0 saturated heterocycles. The van der Waals surface area contributed by atoms with Gasteiger partial charge in [0.05, 0.1) is 17.2 Å². The molecular formula is C16H19N3O4S. The number of anilines is 1. The van der Waals surface area contributed by atoms with E-state index in [0.717, 1.165) is 5.56 Å². The number of carbonyl (C=O) groups excluding carboxylic acids is 1. The van der Waals surface area contributed by atoms with Crippen molar-refractivity contribution in [3.8, 4) is 5.75 Å². The molecule has 1 heterocycles. The van der Waals surface area contributed by atoms with Crippen LogP contribution in [0.4, 0.5) is 5.69 Å². The van der Waals surface area contributed by atoms with E-state index in [-0.39, 0.29) is 17.3 Å². The maximum Gasteiger partial charge on any atom is 0.240 e. The number of hydrogen-bond acceptors (Lipinski definition) is 5. The highest BCUT2D eigenvalue weighted by Gasteiger charge is 2.17. The molecule has 128 valence electrons. The standard InChI is InChI=1S/C16H19N3O4S/c1-3-23-16-5-4-14(10-15(16)19-12(2)20)24(21,22)18-11-13-6-8-17-9-7-13/h4-10,18H,3,11H2,1-2H3,(H,19,20). The zero-order chi connectivity index (χ0) is 17.6. The molecule has 2 aromatic rings. The van der Waals surface area contributed by atoms with Gasteiger partial charge in [0.1, 0.15) is 5.75 Å². The second kappa shape index (κ2) is 7.89. The van der Waals surface area contributed by atoms with Gasteiger partial charge in [-0.3, -0.25) is 9.78 Å². The molecular weight excluding hydrogens is 330 g/mol. The summed E-state index contributed by atoms with van der Waals surface area (Å²) in [4.78, 5) is 15.2. The van der Waals surface area contributed by atoms with Gasteiger partial charge in [0, 0.05) is 25.9 Å². The van der Waals surface area contributed by atoms with E-state index in [2.05, 4.69) is 15.0 Å². The summed E-state index contributed by atoms with van der Waals surface area (Å²) in [6.45, 7) is 3.70. The Kier molecular flexibility index (Phi) is 5.88. The number of rotatable bonds is 7. The lowest BCUT2D eigenvalue weighted by molar-refractivity contribution is -0.114. The molecule has 0 bridgehead atoms. The van der Waals surface area contributed by atoms with Crippen LogP contribution in [0.2, 0.25) is 0 Å². The van der Waals surface area contributed by atoms with Crippen LogP contribution < -0.4 is 14.8 Å². The maximum absolute atomic E-state index is 12.4. The molecule has 0 saturated carbocycles. The van der Waals surface area contributed by atoms with Gasteiger partial charge in [0.25, 0.3) is 0 Å². The van der Waals surface area contributed by atoms with E-state index >= 15 is 0 Å². The first-order valence-electron chi connectivity index (χ1n) is 7.35. The maximum atomic E-state index is 12.4. The Morgan fingerprint density at radius 3 is 2.54 bits per heavy atom. The van der Waals surface area contributed by atoms with Crippen LogP contribution in [-0.2, 0) is 21.4 Å². The minimum atomic E-state index is -3.73. The highest BCUT2D eigenvalue weighted by atomic mass is 32.2. The summed E-state index contributed by atoms with van der Waals surface area (Å²) in [5.74, 6) is 0.107. The van der Waals surface area contributed by atoms with Gasteiger partial charge in [0.15, 0.2) is 0 Å². The van der Waals surface area contributed by atoms with E-state index in [0.29, 0.717) is 18.0 Å². The van der Waals surface area contributed by atoms with E-state index in [4.69, 9.17) is 4.74 Å². The van der Waals surface area contributed by atoms with Crippen LogP contribution in [0.5, 0.6) is 5.75 Å². The Bertz CT molecular complexity index is 807. The fourth-order valence-electron chi connectivity index (χ4n) is 2.01. The number of ether oxygens (including phenoxy) is 1. The molecule has 8 heteroatoms. The summed E-state index contributed by atoms with van der Waals surface area (Å²) in [5.41, 5.74) is 1.11. The summed E-state index contributed by atoms with van der Waals surface area (Å²) in [7, 11) is -3.73. The molecule has 2 N–H and O–H groups in total. The molecule has 0 aliphatic carbocycles. The molecule has 0 aliphatic heterocycles. The van der Waals surface area contributed by atoms with Crippen molar-refractivity contribution in [3.63, 3.8) is 0 Å². The number of aromatic nitrogens is 1. The van der Waals surface area contributed by atoms with Crippen LogP contribution in [0.3, 0.4) is 0 Å². The molecule has 1 amide bonds. The minimum Gasteiger partial charge on any atom is -0.492 e. The fourth-order valence-corrected chi connectivity index (χ4v) is 3.05.